The molecule has 6 rings (SSSR count). The van der Waals surface area contributed by atoms with Crippen LogP contribution in [0.25, 0.3) is 22.6 Å². The molecule has 3 aliphatic rings. The van der Waals surface area contributed by atoms with Crippen molar-refractivity contribution in [2.24, 2.45) is 0 Å². The highest BCUT2D eigenvalue weighted by Gasteiger charge is 2.23. The fourth-order valence-corrected chi connectivity index (χ4v) is 5.86. The number of hydrogen-bond acceptors (Lipinski definition) is 6. The molecule has 3 aliphatic heterocycles. The molecule has 2 saturated heterocycles. The van der Waals surface area contributed by atoms with Gasteiger partial charge in [-0.25, -0.2) is 9.37 Å². The summed E-state index contributed by atoms with van der Waals surface area (Å²) in [5.74, 6) is 0.287. The Balaban J connectivity index is 1.26. The van der Waals surface area contributed by atoms with Gasteiger partial charge in [0.15, 0.2) is 0 Å². The van der Waals surface area contributed by atoms with Crippen LogP contribution < -0.4 is 15.8 Å². The number of fused-ring (bicyclic) bond motifs is 2. The van der Waals surface area contributed by atoms with E-state index in [2.05, 4.69) is 28.2 Å². The average molecular weight is 531 g/mol. The van der Waals surface area contributed by atoms with Gasteiger partial charge >= 0.3 is 0 Å². The summed E-state index contributed by atoms with van der Waals surface area (Å²) in [4.78, 5) is 37.1. The average Bonchev–Trinajstić information content (AvgIpc) is 3.44. The first-order chi connectivity index (χ1) is 18.9. The number of hydrogen-bond donors (Lipinski definition) is 1. The highest BCUT2D eigenvalue weighted by molar-refractivity contribution is 5.92. The highest BCUT2D eigenvalue weighted by Crippen LogP contribution is 2.30. The van der Waals surface area contributed by atoms with Crippen LogP contribution in [0.15, 0.2) is 41.2 Å². The Bertz CT molecular complexity index is 1470. The van der Waals surface area contributed by atoms with Crippen molar-refractivity contribution in [2.45, 2.75) is 32.2 Å². The Morgan fingerprint density at radius 1 is 1.00 bits per heavy atom. The molecule has 0 spiro atoms. The topological polar surface area (TPSA) is 73.7 Å². The number of nitrogens with one attached hydrogen (secondary N) is 1. The van der Waals surface area contributed by atoms with Gasteiger partial charge in [0.25, 0.3) is 5.56 Å². The molecular weight excluding hydrogens is 495 g/mol. The van der Waals surface area contributed by atoms with Gasteiger partial charge in [-0.2, -0.15) is 0 Å². The van der Waals surface area contributed by atoms with Crippen LogP contribution in [-0.2, 0) is 11.3 Å². The van der Waals surface area contributed by atoms with Gasteiger partial charge in [-0.1, -0.05) is 12.1 Å². The largest absolute Gasteiger partial charge is 0.367 e. The first kappa shape index (κ1) is 25.7. The van der Waals surface area contributed by atoms with E-state index in [0.717, 1.165) is 81.8 Å². The molecule has 2 fully saturated rings. The van der Waals surface area contributed by atoms with Crippen LogP contribution >= 0.6 is 0 Å². The normalized spacial score (nSPS) is 19.5. The van der Waals surface area contributed by atoms with Crippen LogP contribution in [0.2, 0.25) is 0 Å². The van der Waals surface area contributed by atoms with Gasteiger partial charge in [0, 0.05) is 38.4 Å². The molecule has 4 heterocycles. The molecule has 0 bridgehead atoms. The molecule has 0 unspecified atom stereocenters. The van der Waals surface area contributed by atoms with E-state index in [1.54, 1.807) is 10.6 Å². The van der Waals surface area contributed by atoms with Gasteiger partial charge in [-0.3, -0.25) is 19.1 Å². The number of halogens is 1. The number of carbonyl (C=O) groups excluding carboxylic acids is 1. The molecule has 0 saturated carbocycles. The van der Waals surface area contributed by atoms with E-state index in [-0.39, 0.29) is 17.3 Å². The third kappa shape index (κ3) is 5.46. The molecule has 0 atom stereocenters. The maximum Gasteiger partial charge on any atom is 0.261 e. The molecule has 0 radical (unpaired) electrons. The molecule has 1 aromatic heterocycles. The molecular formula is C30H35FN6O2. The first-order valence-corrected chi connectivity index (χ1v) is 14.0. The minimum Gasteiger partial charge on any atom is -0.367 e. The molecule has 0 aliphatic carbocycles. The molecule has 2 aromatic carbocycles. The number of anilines is 2. The number of benzene rings is 2. The minimum absolute atomic E-state index is 0.00652. The van der Waals surface area contributed by atoms with Crippen molar-refractivity contribution < 1.29 is 9.18 Å². The smallest absolute Gasteiger partial charge is 0.261 e. The second kappa shape index (κ2) is 10.9. The van der Waals surface area contributed by atoms with Crippen molar-refractivity contribution in [2.75, 3.05) is 63.1 Å². The summed E-state index contributed by atoms with van der Waals surface area (Å²) in [6.45, 7) is 6.18. The van der Waals surface area contributed by atoms with Crippen LogP contribution in [0.3, 0.4) is 0 Å². The third-order valence-corrected chi connectivity index (χ3v) is 8.08. The monoisotopic (exact) mass is 530 g/mol. The van der Waals surface area contributed by atoms with Gasteiger partial charge in [0.05, 0.1) is 23.1 Å². The lowest BCUT2D eigenvalue weighted by Crippen LogP contribution is -2.44. The Labute approximate surface area is 227 Å². The van der Waals surface area contributed by atoms with Crippen LogP contribution in [-0.4, -0.2) is 78.1 Å². The number of nitrogens with zero attached hydrogens (tertiary/aromatic N) is 5. The van der Waals surface area contributed by atoms with Crippen LogP contribution in [0, 0.1) is 5.82 Å². The Hall–Kier alpha value is -3.56. The lowest BCUT2D eigenvalue weighted by molar-refractivity contribution is -0.117. The van der Waals surface area contributed by atoms with Crippen LogP contribution in [0.4, 0.5) is 15.8 Å². The van der Waals surface area contributed by atoms with Crippen molar-refractivity contribution >= 4 is 39.8 Å². The maximum absolute atomic E-state index is 15.1. The zero-order valence-electron chi connectivity index (χ0n) is 22.5. The summed E-state index contributed by atoms with van der Waals surface area (Å²) < 4.78 is 16.8. The van der Waals surface area contributed by atoms with Crippen LogP contribution in [0.1, 0.15) is 37.1 Å². The summed E-state index contributed by atoms with van der Waals surface area (Å²) in [5, 5.41) is 3.31. The fraction of sp³-hybridized carbons (Fsp3) is 0.433. The SMILES string of the molecule is CN1CCN(c2cc3nc4n(c(=O)c3cc2F)CCC/C4=C\c2ccc(NC(=O)CN3CCCC3)cc2)CC1. The number of rotatable bonds is 5. The number of carbonyl (C=O) groups is 1. The van der Waals surface area contributed by atoms with Crippen molar-refractivity contribution in [1.82, 2.24) is 19.4 Å². The Morgan fingerprint density at radius 2 is 1.74 bits per heavy atom. The van der Waals surface area contributed by atoms with Gasteiger partial charge in [0.2, 0.25) is 5.91 Å². The van der Waals surface area contributed by atoms with Crippen molar-refractivity contribution in [1.29, 1.82) is 0 Å². The van der Waals surface area contributed by atoms with Gasteiger partial charge in [0.1, 0.15) is 11.6 Å². The molecule has 204 valence electrons. The van der Waals surface area contributed by atoms with E-state index >= 15 is 4.39 Å². The molecule has 1 N–H and O–H groups in total. The third-order valence-electron chi connectivity index (χ3n) is 8.08. The predicted octanol–water partition coefficient (Wildman–Crippen LogP) is 3.66. The Kier molecular flexibility index (Phi) is 7.18. The Morgan fingerprint density at radius 3 is 2.49 bits per heavy atom. The summed E-state index contributed by atoms with van der Waals surface area (Å²) >= 11 is 0. The molecule has 3 aromatic rings. The number of amides is 1. The van der Waals surface area contributed by atoms with Gasteiger partial charge < -0.3 is 15.1 Å². The maximum atomic E-state index is 15.1. The van der Waals surface area contributed by atoms with E-state index < -0.39 is 0 Å². The van der Waals surface area contributed by atoms with Crippen molar-refractivity contribution in [3.63, 3.8) is 0 Å². The van der Waals surface area contributed by atoms with E-state index in [4.69, 9.17) is 4.98 Å². The highest BCUT2D eigenvalue weighted by atomic mass is 19.1. The fourth-order valence-electron chi connectivity index (χ4n) is 5.86. The standard InChI is InChI=1S/C30H35FN6O2/c1-34-13-15-36(16-14-34)27-19-26-24(18-25(27)31)30(39)37-12-4-5-22(29(37)33-26)17-21-6-8-23(9-7-21)32-28(38)20-35-10-2-3-11-35/h6-9,17-19H,2-5,10-16,20H2,1H3,(H,32,38)/b22-17+. The minimum atomic E-state index is -0.370. The number of likely N-dealkylation sites (tertiary alicyclic amines) is 1. The second-order valence-electron chi connectivity index (χ2n) is 10.9. The lowest BCUT2D eigenvalue weighted by Gasteiger charge is -2.34. The van der Waals surface area contributed by atoms with Gasteiger partial charge in [-0.15, -0.1) is 0 Å². The molecule has 39 heavy (non-hydrogen) atoms. The quantitative estimate of drug-likeness (QED) is 0.543. The summed E-state index contributed by atoms with van der Waals surface area (Å²) in [6, 6.07) is 10.9. The summed E-state index contributed by atoms with van der Waals surface area (Å²) in [6.07, 6.45) is 6.00. The zero-order chi connectivity index (χ0) is 26.9. The predicted molar refractivity (Wildman–Crippen MR) is 154 cm³/mol. The van der Waals surface area contributed by atoms with E-state index in [1.165, 1.54) is 6.07 Å². The van der Waals surface area contributed by atoms with Crippen molar-refractivity contribution in [3.8, 4) is 0 Å². The second-order valence-corrected chi connectivity index (χ2v) is 10.9. The van der Waals surface area contributed by atoms with E-state index in [1.807, 2.05) is 29.2 Å². The van der Waals surface area contributed by atoms with Crippen LogP contribution in [0.5, 0.6) is 0 Å². The number of aromatic nitrogens is 2. The number of piperazine rings is 1. The number of likely N-dealkylation sites (N-methyl/N-ethyl adjacent to an activating group) is 1. The summed E-state index contributed by atoms with van der Waals surface area (Å²) in [5.41, 5.74) is 3.57. The zero-order valence-corrected chi connectivity index (χ0v) is 22.5. The van der Waals surface area contributed by atoms with E-state index in [0.29, 0.717) is 35.5 Å². The summed E-state index contributed by atoms with van der Waals surface area (Å²) in [7, 11) is 2.07. The molecule has 1 amide bonds. The van der Waals surface area contributed by atoms with Crippen molar-refractivity contribution in [3.05, 3.63) is 64.0 Å². The lowest BCUT2D eigenvalue weighted by atomic mass is 10.0. The first-order valence-electron chi connectivity index (χ1n) is 14.0. The van der Waals surface area contributed by atoms with Gasteiger partial charge in [-0.05, 0) is 87.3 Å². The molecule has 9 heteroatoms. The molecule has 8 nitrogen and oxygen atoms in total. The number of allylic oxidation sites excluding steroid dienone is 1. The van der Waals surface area contributed by atoms with E-state index in [9.17, 15) is 9.59 Å².